The number of rotatable bonds is 6. The van der Waals surface area contributed by atoms with Crippen LogP contribution in [0.4, 0.5) is 0 Å². The van der Waals surface area contributed by atoms with Crippen molar-refractivity contribution in [3.05, 3.63) is 71.1 Å². The summed E-state index contributed by atoms with van der Waals surface area (Å²) in [5.74, 6) is -0.890. The fraction of sp³-hybridized carbons (Fsp3) is 0.111. The largest absolute Gasteiger partial charge is 0.370 e. The van der Waals surface area contributed by atoms with Gasteiger partial charge in [-0.1, -0.05) is 23.7 Å². The molecule has 2 amide bonds. The summed E-state index contributed by atoms with van der Waals surface area (Å²) in [5, 5.41) is 10.2. The highest BCUT2D eigenvalue weighted by Crippen LogP contribution is 2.23. The summed E-state index contributed by atoms with van der Waals surface area (Å²) in [7, 11) is 0. The third-order valence-corrected chi connectivity index (χ3v) is 4.09. The summed E-state index contributed by atoms with van der Waals surface area (Å²) in [4.78, 5) is 28.2. The second-order valence-corrected chi connectivity index (χ2v) is 6.08. The van der Waals surface area contributed by atoms with E-state index in [0.29, 0.717) is 16.3 Å². The van der Waals surface area contributed by atoms with Crippen LogP contribution in [0.2, 0.25) is 5.02 Å². The minimum atomic E-state index is -0.572. The van der Waals surface area contributed by atoms with Gasteiger partial charge in [-0.2, -0.15) is 5.10 Å². The third-order valence-electron chi connectivity index (χ3n) is 3.84. The van der Waals surface area contributed by atoms with E-state index in [0.717, 1.165) is 11.1 Å². The second kappa shape index (κ2) is 7.79. The van der Waals surface area contributed by atoms with Crippen LogP contribution in [0.3, 0.4) is 0 Å². The van der Waals surface area contributed by atoms with Gasteiger partial charge in [0.1, 0.15) is 0 Å². The monoisotopic (exact) mass is 369 g/mol. The molecule has 0 fully saturated rings. The fourth-order valence-corrected chi connectivity index (χ4v) is 2.71. The maximum Gasteiger partial charge on any atom is 0.255 e. The number of H-pyrrole nitrogens is 1. The molecule has 0 spiro atoms. The minimum Gasteiger partial charge on any atom is -0.370 e. The molecule has 0 unspecified atom stereocenters. The van der Waals surface area contributed by atoms with E-state index in [1.165, 1.54) is 6.20 Å². The number of pyridine rings is 1. The molecule has 26 heavy (non-hydrogen) atoms. The van der Waals surface area contributed by atoms with Gasteiger partial charge in [0.05, 0.1) is 29.9 Å². The summed E-state index contributed by atoms with van der Waals surface area (Å²) in [6.07, 6.45) is 4.66. The molecular weight excluding hydrogens is 354 g/mol. The Morgan fingerprint density at radius 1 is 1.15 bits per heavy atom. The quantitative estimate of drug-likeness (QED) is 0.619. The highest BCUT2D eigenvalue weighted by molar-refractivity contribution is 6.30. The van der Waals surface area contributed by atoms with Crippen LogP contribution in [0.15, 0.2) is 55.0 Å². The first-order valence-electron chi connectivity index (χ1n) is 7.83. The molecule has 7 nitrogen and oxygen atoms in total. The molecule has 0 saturated carbocycles. The maximum atomic E-state index is 12.8. The van der Waals surface area contributed by atoms with Gasteiger partial charge in [-0.25, -0.2) is 0 Å². The molecular formula is C18H16ClN5O2. The molecule has 4 N–H and O–H groups in total. The lowest BCUT2D eigenvalue weighted by molar-refractivity contribution is -0.118. The van der Waals surface area contributed by atoms with Crippen LogP contribution < -0.4 is 11.1 Å². The fourth-order valence-electron chi connectivity index (χ4n) is 2.58. The molecule has 3 aromatic rings. The van der Waals surface area contributed by atoms with Crippen LogP contribution in [0.5, 0.6) is 0 Å². The van der Waals surface area contributed by atoms with Gasteiger partial charge in [0, 0.05) is 23.0 Å². The van der Waals surface area contributed by atoms with Crippen LogP contribution in [-0.2, 0) is 4.79 Å². The zero-order chi connectivity index (χ0) is 18.5. The second-order valence-electron chi connectivity index (χ2n) is 5.64. The first kappa shape index (κ1) is 17.6. The summed E-state index contributed by atoms with van der Waals surface area (Å²) in [6, 6.07) is 9.84. The molecule has 8 heteroatoms. The Kier molecular flexibility index (Phi) is 5.28. The smallest absolute Gasteiger partial charge is 0.255 e. The lowest BCUT2D eigenvalue weighted by atomic mass is 10.0. The minimum absolute atomic E-state index is 0.0319. The first-order valence-corrected chi connectivity index (χ1v) is 8.21. The molecule has 1 aromatic carbocycles. The molecule has 0 aliphatic rings. The Balaban J connectivity index is 1.86. The highest BCUT2D eigenvalue weighted by atomic mass is 35.5. The van der Waals surface area contributed by atoms with E-state index in [9.17, 15) is 9.59 Å². The number of nitrogens with two attached hydrogens (primary N) is 1. The molecule has 0 aliphatic heterocycles. The van der Waals surface area contributed by atoms with Gasteiger partial charge in [0.25, 0.3) is 5.91 Å². The average Bonchev–Trinajstić information content (AvgIpc) is 3.12. The maximum absolute atomic E-state index is 12.8. The summed E-state index contributed by atoms with van der Waals surface area (Å²) in [6.45, 7) is 0. The van der Waals surface area contributed by atoms with Crippen LogP contribution >= 0.6 is 11.6 Å². The molecule has 1 atom stereocenters. The Hall–Kier alpha value is -3.19. The highest BCUT2D eigenvalue weighted by Gasteiger charge is 2.21. The van der Waals surface area contributed by atoms with Gasteiger partial charge in [0.2, 0.25) is 5.91 Å². The van der Waals surface area contributed by atoms with Crippen LogP contribution in [0, 0.1) is 0 Å². The van der Waals surface area contributed by atoms with Gasteiger partial charge >= 0.3 is 0 Å². The van der Waals surface area contributed by atoms with Gasteiger partial charge in [0.15, 0.2) is 0 Å². The van der Waals surface area contributed by atoms with Crippen molar-refractivity contribution in [1.29, 1.82) is 0 Å². The van der Waals surface area contributed by atoms with Gasteiger partial charge in [-0.15, -0.1) is 0 Å². The SMILES string of the molecule is NC(=O)C[C@@H](NC(=O)c1cn[nH]c1-c1ccncc1)c1ccc(Cl)cc1. The number of halogens is 1. The number of aromatic amines is 1. The van der Waals surface area contributed by atoms with E-state index in [1.807, 2.05) is 0 Å². The first-order chi connectivity index (χ1) is 12.5. The Morgan fingerprint density at radius 3 is 2.50 bits per heavy atom. The van der Waals surface area contributed by atoms with Crippen molar-refractivity contribution in [3.63, 3.8) is 0 Å². The van der Waals surface area contributed by atoms with E-state index in [-0.39, 0.29) is 12.3 Å². The predicted octanol–water partition coefficient (Wildman–Crippen LogP) is 2.47. The molecule has 2 heterocycles. The van der Waals surface area contributed by atoms with E-state index in [1.54, 1.807) is 48.8 Å². The Bertz CT molecular complexity index is 909. The molecule has 2 aromatic heterocycles. The number of carbonyl (C=O) groups is 2. The number of hydrogen-bond donors (Lipinski definition) is 3. The number of primary amides is 1. The molecule has 132 valence electrons. The Labute approximate surface area is 154 Å². The molecule has 0 aliphatic carbocycles. The van der Waals surface area contributed by atoms with Gasteiger partial charge in [-0.05, 0) is 29.8 Å². The number of hydrogen-bond acceptors (Lipinski definition) is 4. The lowest BCUT2D eigenvalue weighted by Crippen LogP contribution is -2.31. The van der Waals surface area contributed by atoms with Gasteiger partial charge < -0.3 is 11.1 Å². The molecule has 0 radical (unpaired) electrons. The van der Waals surface area contributed by atoms with E-state index >= 15 is 0 Å². The third kappa shape index (κ3) is 4.07. The Morgan fingerprint density at radius 2 is 1.85 bits per heavy atom. The van der Waals surface area contributed by atoms with Crippen LogP contribution in [0.25, 0.3) is 11.3 Å². The van der Waals surface area contributed by atoms with Crippen molar-refractivity contribution in [1.82, 2.24) is 20.5 Å². The lowest BCUT2D eigenvalue weighted by Gasteiger charge is -2.18. The van der Waals surface area contributed by atoms with Crippen molar-refractivity contribution in [2.45, 2.75) is 12.5 Å². The number of benzene rings is 1. The van der Waals surface area contributed by atoms with Crippen molar-refractivity contribution < 1.29 is 9.59 Å². The zero-order valence-electron chi connectivity index (χ0n) is 13.6. The topological polar surface area (TPSA) is 114 Å². The summed E-state index contributed by atoms with van der Waals surface area (Å²) < 4.78 is 0. The number of nitrogens with one attached hydrogen (secondary N) is 2. The molecule has 0 bridgehead atoms. The van der Waals surface area contributed by atoms with Crippen LogP contribution in [0.1, 0.15) is 28.4 Å². The summed E-state index contributed by atoms with van der Waals surface area (Å²) >= 11 is 5.90. The van der Waals surface area contributed by atoms with Crippen molar-refractivity contribution >= 4 is 23.4 Å². The zero-order valence-corrected chi connectivity index (χ0v) is 14.4. The van der Waals surface area contributed by atoms with E-state index < -0.39 is 11.9 Å². The predicted molar refractivity (Wildman–Crippen MR) is 97.3 cm³/mol. The van der Waals surface area contributed by atoms with Crippen molar-refractivity contribution in [3.8, 4) is 11.3 Å². The van der Waals surface area contributed by atoms with Crippen molar-refractivity contribution in [2.24, 2.45) is 5.73 Å². The number of aromatic nitrogens is 3. The van der Waals surface area contributed by atoms with Gasteiger partial charge in [-0.3, -0.25) is 19.7 Å². The molecule has 0 saturated heterocycles. The van der Waals surface area contributed by atoms with Crippen LogP contribution in [-0.4, -0.2) is 27.0 Å². The number of nitrogens with zero attached hydrogens (tertiary/aromatic N) is 2. The number of carbonyl (C=O) groups excluding carboxylic acids is 2. The van der Waals surface area contributed by atoms with E-state index in [4.69, 9.17) is 17.3 Å². The average molecular weight is 370 g/mol. The standard InChI is InChI=1S/C18H16ClN5O2/c19-13-3-1-11(2-4-13)15(9-16(20)25)23-18(26)14-10-22-24-17(14)12-5-7-21-8-6-12/h1-8,10,15H,9H2,(H2,20,25)(H,22,24)(H,23,26)/t15-/m1/s1. The summed E-state index contributed by atoms with van der Waals surface area (Å²) in [5.41, 5.74) is 7.77. The number of amides is 2. The van der Waals surface area contributed by atoms with Crippen molar-refractivity contribution in [2.75, 3.05) is 0 Å². The normalized spacial score (nSPS) is 11.7. The molecule has 3 rings (SSSR count). The van der Waals surface area contributed by atoms with E-state index in [2.05, 4.69) is 20.5 Å².